The van der Waals surface area contributed by atoms with Crippen molar-refractivity contribution < 1.29 is 13.7 Å². The van der Waals surface area contributed by atoms with Crippen molar-refractivity contribution in [1.29, 1.82) is 0 Å². The number of anilines is 1. The van der Waals surface area contributed by atoms with Crippen LogP contribution in [0.1, 0.15) is 0 Å². The molecule has 170 valence electrons. The fraction of sp³-hybridized carbons (Fsp3) is 0.0769. The van der Waals surface area contributed by atoms with E-state index in [9.17, 15) is 4.39 Å². The summed E-state index contributed by atoms with van der Waals surface area (Å²) in [6.07, 6.45) is 5.32. The first-order valence-electron chi connectivity index (χ1n) is 10.6. The lowest BCUT2D eigenvalue weighted by molar-refractivity contribution is -0.188. The van der Waals surface area contributed by atoms with Crippen LogP contribution in [0.5, 0.6) is 0 Å². The predicted octanol–water partition coefficient (Wildman–Crippen LogP) is 6.04. The third-order valence-corrected chi connectivity index (χ3v) is 5.86. The van der Waals surface area contributed by atoms with Crippen molar-refractivity contribution in [2.45, 2.75) is 4.90 Å². The van der Waals surface area contributed by atoms with Gasteiger partial charge in [0.2, 0.25) is 0 Å². The third kappa shape index (κ3) is 4.59. The maximum atomic E-state index is 14.0. The van der Waals surface area contributed by atoms with Crippen molar-refractivity contribution in [2.24, 2.45) is 0 Å². The van der Waals surface area contributed by atoms with Crippen molar-refractivity contribution in [1.82, 2.24) is 14.7 Å². The van der Waals surface area contributed by atoms with E-state index < -0.39 is 0 Å². The van der Waals surface area contributed by atoms with Gasteiger partial charge in [-0.05, 0) is 48.0 Å². The maximum Gasteiger partial charge on any atom is 0.179 e. The first-order chi connectivity index (χ1) is 16.6. The second kappa shape index (κ2) is 9.54. The van der Waals surface area contributed by atoms with E-state index in [1.807, 2.05) is 79.8 Å². The first-order valence-corrected chi connectivity index (χ1v) is 11.3. The first kappa shape index (κ1) is 21.9. The van der Waals surface area contributed by atoms with E-state index in [2.05, 4.69) is 9.97 Å². The molecule has 0 atom stereocenters. The minimum Gasteiger partial charge on any atom is -0.363 e. The normalized spacial score (nSPS) is 11.0. The molecule has 5 rings (SSSR count). The topological polar surface area (TPSA) is 52.4 Å². The quantitative estimate of drug-likeness (QED) is 0.164. The molecular formula is C26H21FN4O2S. The molecule has 0 fully saturated rings. The molecule has 3 aromatic heterocycles. The van der Waals surface area contributed by atoms with Gasteiger partial charge in [-0.3, -0.25) is 0 Å². The summed E-state index contributed by atoms with van der Waals surface area (Å²) in [4.78, 5) is 17.5. The summed E-state index contributed by atoms with van der Waals surface area (Å²) in [7, 11) is 3.89. The van der Waals surface area contributed by atoms with E-state index in [4.69, 9.17) is 9.32 Å². The summed E-state index contributed by atoms with van der Waals surface area (Å²) >= 11 is 1.09. The molecule has 0 spiro atoms. The highest BCUT2D eigenvalue weighted by atomic mass is 32.2. The highest BCUT2D eigenvalue weighted by Gasteiger charge is 2.16. The molecule has 6 nitrogen and oxygen atoms in total. The molecular weight excluding hydrogens is 451 g/mol. The summed E-state index contributed by atoms with van der Waals surface area (Å²) in [6, 6.07) is 22.0. The highest BCUT2D eigenvalue weighted by Crippen LogP contribution is 2.33. The van der Waals surface area contributed by atoms with E-state index in [0.29, 0.717) is 11.2 Å². The molecule has 0 radical (unpaired) electrons. The predicted molar refractivity (Wildman–Crippen MR) is 133 cm³/mol. The minimum absolute atomic E-state index is 0.317. The van der Waals surface area contributed by atoms with Crippen LogP contribution >= 0.6 is 12.0 Å². The molecule has 34 heavy (non-hydrogen) atoms. The van der Waals surface area contributed by atoms with Gasteiger partial charge in [-0.2, -0.15) is 0 Å². The molecule has 0 unspecified atom stereocenters. The third-order valence-electron chi connectivity index (χ3n) is 5.27. The van der Waals surface area contributed by atoms with Crippen molar-refractivity contribution in [3.05, 3.63) is 97.2 Å². The Balaban J connectivity index is 1.52. The average molecular weight is 473 g/mol. The molecule has 0 N–H and O–H groups in total. The highest BCUT2D eigenvalue weighted by molar-refractivity contribution is 7.94. The molecule has 2 aromatic carbocycles. The molecule has 8 heteroatoms. The Morgan fingerprint density at radius 1 is 0.853 bits per heavy atom. The monoisotopic (exact) mass is 472 g/mol. The van der Waals surface area contributed by atoms with Crippen molar-refractivity contribution in [2.75, 3.05) is 19.0 Å². The lowest BCUT2D eigenvalue weighted by Gasteiger charge is -2.11. The second-order valence-corrected chi connectivity index (χ2v) is 8.59. The van der Waals surface area contributed by atoms with Gasteiger partial charge in [-0.25, -0.2) is 19.3 Å². The lowest BCUT2D eigenvalue weighted by atomic mass is 10.0. The van der Waals surface area contributed by atoms with Crippen molar-refractivity contribution in [3.63, 3.8) is 0 Å². The van der Waals surface area contributed by atoms with Crippen LogP contribution in [-0.4, -0.2) is 28.8 Å². The van der Waals surface area contributed by atoms with E-state index >= 15 is 0 Å². The van der Waals surface area contributed by atoms with Crippen molar-refractivity contribution >= 4 is 28.9 Å². The Morgan fingerprint density at radius 3 is 2.41 bits per heavy atom. The minimum atomic E-state index is -0.317. The Bertz CT molecular complexity index is 1420. The summed E-state index contributed by atoms with van der Waals surface area (Å²) < 4.78 is 20.8. The van der Waals surface area contributed by atoms with Crippen LogP contribution in [0.4, 0.5) is 10.2 Å². The zero-order valence-corrected chi connectivity index (χ0v) is 19.4. The number of halogens is 1. The van der Waals surface area contributed by atoms with Gasteiger partial charge in [0.15, 0.2) is 5.65 Å². The number of hydrogen-bond acceptors (Lipinski definition) is 6. The van der Waals surface area contributed by atoms with E-state index in [1.165, 1.54) is 16.9 Å². The molecule has 0 aliphatic rings. The van der Waals surface area contributed by atoms with Gasteiger partial charge in [0.25, 0.3) is 0 Å². The molecule has 0 amide bonds. The number of aromatic nitrogens is 3. The van der Waals surface area contributed by atoms with E-state index in [0.717, 1.165) is 44.8 Å². The van der Waals surface area contributed by atoms with Crippen LogP contribution in [0.2, 0.25) is 0 Å². The Labute approximate surface area is 200 Å². The standard InChI is InChI=1S/C26H21FN4O2S/c1-30(2)25-12-11-19(15-28-25)20-14-23-24(18-7-6-8-21(27)13-18)17-31(26(23)29-16-20)32-33-34-22-9-4-3-5-10-22/h3-17H,1-2H3. The fourth-order valence-corrected chi connectivity index (χ4v) is 4.01. The molecule has 0 saturated heterocycles. The number of rotatable bonds is 7. The summed E-state index contributed by atoms with van der Waals surface area (Å²) in [5.74, 6) is 0.550. The van der Waals surface area contributed by atoms with Gasteiger partial charge >= 0.3 is 0 Å². The number of pyridine rings is 2. The SMILES string of the molecule is CN(C)c1ccc(-c2cnc3c(c2)c(-c2cccc(F)c2)cn3OOSc2ccccc2)cn1. The largest absolute Gasteiger partial charge is 0.363 e. The molecule has 0 aliphatic heterocycles. The second-order valence-electron chi connectivity index (χ2n) is 7.81. The molecule has 0 aliphatic carbocycles. The van der Waals surface area contributed by atoms with Gasteiger partial charge in [0, 0.05) is 53.5 Å². The summed E-state index contributed by atoms with van der Waals surface area (Å²) in [5.41, 5.74) is 3.85. The number of benzene rings is 2. The zero-order valence-electron chi connectivity index (χ0n) is 18.6. The molecule has 0 bridgehead atoms. The van der Waals surface area contributed by atoms with E-state index in [-0.39, 0.29) is 5.82 Å². The van der Waals surface area contributed by atoms with Crippen molar-refractivity contribution in [3.8, 4) is 22.3 Å². The van der Waals surface area contributed by atoms with Crippen LogP contribution in [0, 0.1) is 5.82 Å². The van der Waals surface area contributed by atoms with Crippen LogP contribution < -0.4 is 9.89 Å². The molecule has 3 heterocycles. The van der Waals surface area contributed by atoms with Gasteiger partial charge in [0.1, 0.15) is 11.6 Å². The Hall–Kier alpha value is -3.88. The number of nitrogens with zero attached hydrogens (tertiary/aromatic N) is 4. The van der Waals surface area contributed by atoms with Gasteiger partial charge in [-0.15, -0.1) is 4.73 Å². The molecule has 0 saturated carbocycles. The van der Waals surface area contributed by atoms with Crippen LogP contribution in [-0.2, 0) is 4.33 Å². The number of hydrogen-bond donors (Lipinski definition) is 0. The van der Waals surface area contributed by atoms with E-state index in [1.54, 1.807) is 18.5 Å². The Kier molecular flexibility index (Phi) is 6.16. The van der Waals surface area contributed by atoms with Crippen LogP contribution in [0.25, 0.3) is 33.3 Å². The average Bonchev–Trinajstić information content (AvgIpc) is 3.23. The number of fused-ring (bicyclic) bond motifs is 1. The summed E-state index contributed by atoms with van der Waals surface area (Å²) in [5, 5.41) is 0.799. The van der Waals surface area contributed by atoms with Crippen LogP contribution in [0.15, 0.2) is 96.3 Å². The Morgan fingerprint density at radius 2 is 1.68 bits per heavy atom. The smallest absolute Gasteiger partial charge is 0.179 e. The fourth-order valence-electron chi connectivity index (χ4n) is 3.56. The zero-order chi connectivity index (χ0) is 23.5. The van der Waals surface area contributed by atoms with Gasteiger partial charge in [0.05, 0.1) is 18.2 Å². The van der Waals surface area contributed by atoms with Gasteiger partial charge < -0.3 is 4.90 Å². The maximum absolute atomic E-state index is 14.0. The van der Waals surface area contributed by atoms with Crippen LogP contribution in [0.3, 0.4) is 0 Å². The van der Waals surface area contributed by atoms with Gasteiger partial charge in [-0.1, -0.05) is 34.7 Å². The molecule has 5 aromatic rings. The lowest BCUT2D eigenvalue weighted by Crippen LogP contribution is -2.10. The summed E-state index contributed by atoms with van der Waals surface area (Å²) in [6.45, 7) is 0.